The normalized spacial score (nSPS) is 12.2. The summed E-state index contributed by atoms with van der Waals surface area (Å²) in [5.74, 6) is 0.339. The van der Waals surface area contributed by atoms with E-state index in [9.17, 15) is 4.79 Å². The van der Waals surface area contributed by atoms with Gasteiger partial charge in [-0.25, -0.2) is 4.98 Å². The number of carbonyl (C=O) groups excluding carboxylic acids is 1. The number of allylic oxidation sites excluding steroid dienone is 1. The van der Waals surface area contributed by atoms with Gasteiger partial charge in [-0.15, -0.1) is 0 Å². The molecular weight excluding hydrogens is 460 g/mol. The number of nitriles is 1. The Morgan fingerprint density at radius 3 is 2.54 bits per heavy atom. The Morgan fingerprint density at radius 1 is 1.14 bits per heavy atom. The van der Waals surface area contributed by atoms with Gasteiger partial charge in [-0.3, -0.25) is 4.79 Å². The summed E-state index contributed by atoms with van der Waals surface area (Å²) in [6, 6.07) is 22.6. The van der Waals surface area contributed by atoms with Gasteiger partial charge in [-0.05, 0) is 73.2 Å². The first-order chi connectivity index (χ1) is 18.0. The summed E-state index contributed by atoms with van der Waals surface area (Å²) in [4.78, 5) is 17.7. The summed E-state index contributed by atoms with van der Waals surface area (Å²) in [6.07, 6.45) is 7.35. The Labute approximate surface area is 219 Å². The lowest BCUT2D eigenvalue weighted by atomic mass is 10.0. The van der Waals surface area contributed by atoms with E-state index in [2.05, 4.69) is 39.8 Å². The fraction of sp³-hybridized carbons (Fsp3) is 0.267. The maximum Gasteiger partial charge on any atom is 0.247 e. The SMILES string of the molecule is C/C=N\N(C)CC/C=C(\C)c1ccc(NC(=O)C(NCCc2ccc(C#N)cc2)c2ccccc2)nc1. The second-order valence-electron chi connectivity index (χ2n) is 8.71. The number of nitrogens with one attached hydrogen (secondary N) is 2. The van der Waals surface area contributed by atoms with Crippen LogP contribution in [-0.4, -0.2) is 42.3 Å². The smallest absolute Gasteiger partial charge is 0.247 e. The van der Waals surface area contributed by atoms with Crippen LogP contribution in [0.5, 0.6) is 0 Å². The highest BCUT2D eigenvalue weighted by atomic mass is 16.2. The molecule has 0 aliphatic carbocycles. The number of hydrazone groups is 1. The Kier molecular flexibility index (Phi) is 10.6. The number of aromatic nitrogens is 1. The van der Waals surface area contributed by atoms with Crippen molar-refractivity contribution in [2.75, 3.05) is 25.5 Å². The lowest BCUT2D eigenvalue weighted by Crippen LogP contribution is -2.34. The first-order valence-electron chi connectivity index (χ1n) is 12.4. The average molecular weight is 495 g/mol. The minimum Gasteiger partial charge on any atom is -0.309 e. The van der Waals surface area contributed by atoms with Gasteiger partial charge in [0.05, 0.1) is 11.6 Å². The van der Waals surface area contributed by atoms with Crippen LogP contribution in [-0.2, 0) is 11.2 Å². The molecule has 1 amide bonds. The zero-order chi connectivity index (χ0) is 26.5. The van der Waals surface area contributed by atoms with Gasteiger partial charge in [-0.2, -0.15) is 10.4 Å². The maximum atomic E-state index is 13.2. The summed E-state index contributed by atoms with van der Waals surface area (Å²) < 4.78 is 0. The van der Waals surface area contributed by atoms with E-state index in [1.807, 2.05) is 85.7 Å². The lowest BCUT2D eigenvalue weighted by molar-refractivity contribution is -0.118. The Bertz CT molecular complexity index is 1230. The van der Waals surface area contributed by atoms with Crippen molar-refractivity contribution in [2.24, 2.45) is 5.10 Å². The van der Waals surface area contributed by atoms with Gasteiger partial charge in [0, 0.05) is 32.5 Å². The predicted molar refractivity (Wildman–Crippen MR) is 150 cm³/mol. The van der Waals surface area contributed by atoms with Crippen LogP contribution in [0.2, 0.25) is 0 Å². The van der Waals surface area contributed by atoms with Crippen molar-refractivity contribution >= 4 is 23.5 Å². The highest BCUT2D eigenvalue weighted by Gasteiger charge is 2.20. The molecule has 0 aliphatic rings. The van der Waals surface area contributed by atoms with E-state index >= 15 is 0 Å². The molecule has 7 nitrogen and oxygen atoms in total. The number of hydrogen-bond donors (Lipinski definition) is 2. The zero-order valence-electron chi connectivity index (χ0n) is 21.7. The van der Waals surface area contributed by atoms with Gasteiger partial charge in [0.2, 0.25) is 5.91 Å². The molecule has 1 atom stereocenters. The maximum absolute atomic E-state index is 13.2. The van der Waals surface area contributed by atoms with Crippen molar-refractivity contribution < 1.29 is 4.79 Å². The van der Waals surface area contributed by atoms with Crippen LogP contribution in [0.4, 0.5) is 5.82 Å². The topological polar surface area (TPSA) is 93.4 Å². The molecule has 2 aromatic carbocycles. The first kappa shape index (κ1) is 27.3. The van der Waals surface area contributed by atoms with E-state index in [1.165, 1.54) is 0 Å². The number of anilines is 1. The number of amides is 1. The summed E-state index contributed by atoms with van der Waals surface area (Å²) in [5, 5.41) is 21.4. The summed E-state index contributed by atoms with van der Waals surface area (Å²) >= 11 is 0. The molecule has 3 rings (SSSR count). The third kappa shape index (κ3) is 8.71. The quantitative estimate of drug-likeness (QED) is 0.267. The largest absolute Gasteiger partial charge is 0.309 e. The van der Waals surface area contributed by atoms with E-state index < -0.39 is 6.04 Å². The van der Waals surface area contributed by atoms with Gasteiger partial charge >= 0.3 is 0 Å². The summed E-state index contributed by atoms with van der Waals surface area (Å²) in [5.41, 5.74) is 4.76. The van der Waals surface area contributed by atoms with E-state index in [0.717, 1.165) is 41.6 Å². The number of rotatable bonds is 12. The molecule has 7 heteroatoms. The number of pyridine rings is 1. The molecule has 2 N–H and O–H groups in total. The Hall–Kier alpha value is -4.28. The second-order valence-corrected chi connectivity index (χ2v) is 8.71. The fourth-order valence-electron chi connectivity index (χ4n) is 3.85. The van der Waals surface area contributed by atoms with Gasteiger partial charge in [0.25, 0.3) is 0 Å². The summed E-state index contributed by atoms with van der Waals surface area (Å²) in [6.45, 7) is 5.40. The standard InChI is InChI=1S/C30H34N6O/c1-4-34-36(3)20-8-9-23(2)27-16-17-28(33-22-27)35-30(37)29(26-10-6-5-7-11-26)32-19-18-24-12-14-25(21-31)15-13-24/h4-7,9-17,22,29,32H,8,18-20H2,1-3H3,(H,33,35,37)/b23-9+,34-4-. The third-order valence-corrected chi connectivity index (χ3v) is 5.93. The van der Waals surface area contributed by atoms with E-state index in [-0.39, 0.29) is 5.91 Å². The van der Waals surface area contributed by atoms with Gasteiger partial charge < -0.3 is 15.6 Å². The number of nitrogens with zero attached hydrogens (tertiary/aromatic N) is 4. The highest BCUT2D eigenvalue weighted by Crippen LogP contribution is 2.18. The minimum absolute atomic E-state index is 0.168. The molecule has 37 heavy (non-hydrogen) atoms. The van der Waals surface area contributed by atoms with Crippen LogP contribution >= 0.6 is 0 Å². The van der Waals surface area contributed by atoms with Crippen molar-refractivity contribution in [3.63, 3.8) is 0 Å². The monoisotopic (exact) mass is 494 g/mol. The van der Waals surface area contributed by atoms with Crippen molar-refractivity contribution in [1.82, 2.24) is 15.3 Å². The number of carbonyl (C=O) groups is 1. The fourth-order valence-corrected chi connectivity index (χ4v) is 3.85. The molecule has 0 radical (unpaired) electrons. The van der Waals surface area contributed by atoms with E-state index in [0.29, 0.717) is 17.9 Å². The molecule has 0 bridgehead atoms. The van der Waals surface area contributed by atoms with Crippen LogP contribution in [0.3, 0.4) is 0 Å². The number of hydrogen-bond acceptors (Lipinski definition) is 6. The molecule has 1 heterocycles. The molecule has 0 aliphatic heterocycles. The summed E-state index contributed by atoms with van der Waals surface area (Å²) in [7, 11) is 1.95. The molecule has 190 valence electrons. The Balaban J connectivity index is 1.61. The lowest BCUT2D eigenvalue weighted by Gasteiger charge is -2.19. The Morgan fingerprint density at radius 2 is 1.89 bits per heavy atom. The number of benzene rings is 2. The van der Waals surface area contributed by atoms with Crippen LogP contribution in [0.1, 0.15) is 48.6 Å². The molecule has 0 saturated carbocycles. The molecule has 1 unspecified atom stereocenters. The van der Waals surface area contributed by atoms with Crippen LogP contribution in [0.15, 0.2) is 84.1 Å². The molecule has 0 fully saturated rings. The van der Waals surface area contributed by atoms with Crippen LogP contribution in [0.25, 0.3) is 5.57 Å². The molecular formula is C30H34N6O. The first-order valence-corrected chi connectivity index (χ1v) is 12.4. The van der Waals surface area contributed by atoms with E-state index in [1.54, 1.807) is 12.4 Å². The van der Waals surface area contributed by atoms with Gasteiger partial charge in [-0.1, -0.05) is 48.5 Å². The van der Waals surface area contributed by atoms with E-state index in [4.69, 9.17) is 5.26 Å². The highest BCUT2D eigenvalue weighted by molar-refractivity contribution is 5.94. The van der Waals surface area contributed by atoms with Gasteiger partial charge in [0.15, 0.2) is 0 Å². The van der Waals surface area contributed by atoms with Gasteiger partial charge in [0.1, 0.15) is 11.9 Å². The van der Waals surface area contributed by atoms with Crippen LogP contribution < -0.4 is 10.6 Å². The molecule has 0 spiro atoms. The van der Waals surface area contributed by atoms with Crippen molar-refractivity contribution in [3.05, 3.63) is 101 Å². The predicted octanol–water partition coefficient (Wildman–Crippen LogP) is 5.20. The zero-order valence-corrected chi connectivity index (χ0v) is 21.7. The molecule has 3 aromatic rings. The third-order valence-electron chi connectivity index (χ3n) is 5.93. The second kappa shape index (κ2) is 14.3. The van der Waals surface area contributed by atoms with Crippen molar-refractivity contribution in [2.45, 2.75) is 32.7 Å². The minimum atomic E-state index is -0.523. The van der Waals surface area contributed by atoms with Crippen molar-refractivity contribution in [1.29, 1.82) is 5.26 Å². The van der Waals surface area contributed by atoms with Crippen molar-refractivity contribution in [3.8, 4) is 6.07 Å². The molecule has 0 saturated heterocycles. The average Bonchev–Trinajstić information content (AvgIpc) is 2.92. The molecule has 1 aromatic heterocycles. The van der Waals surface area contributed by atoms with Crippen LogP contribution in [0, 0.1) is 11.3 Å².